The van der Waals surface area contributed by atoms with Crippen LogP contribution in [0.5, 0.6) is 0 Å². The van der Waals surface area contributed by atoms with Crippen molar-refractivity contribution >= 4 is 45.2 Å². The number of hydrazine groups is 1. The summed E-state index contributed by atoms with van der Waals surface area (Å²) in [4.78, 5) is 34.3. The summed E-state index contributed by atoms with van der Waals surface area (Å²) < 4.78 is 27.5. The van der Waals surface area contributed by atoms with Crippen LogP contribution in [0.25, 0.3) is 0 Å². The van der Waals surface area contributed by atoms with Gasteiger partial charge in [0.1, 0.15) is 0 Å². The van der Waals surface area contributed by atoms with E-state index in [1.807, 2.05) is 0 Å². The van der Waals surface area contributed by atoms with Gasteiger partial charge in [0, 0.05) is 23.6 Å². The van der Waals surface area contributed by atoms with Crippen molar-refractivity contribution in [2.75, 3.05) is 11.3 Å². The zero-order valence-electron chi connectivity index (χ0n) is 15.6. The first-order valence-corrected chi connectivity index (χ1v) is 10.5. The van der Waals surface area contributed by atoms with Crippen molar-refractivity contribution < 1.29 is 22.8 Å². The highest BCUT2D eigenvalue weighted by Gasteiger charge is 2.17. The molecule has 0 saturated carbocycles. The van der Waals surface area contributed by atoms with Crippen LogP contribution < -0.4 is 26.6 Å². The van der Waals surface area contributed by atoms with Crippen LogP contribution in [0.4, 0.5) is 10.5 Å². The molecule has 0 fully saturated rings. The first-order chi connectivity index (χ1) is 14.2. The average molecular weight is 454 g/mol. The molecule has 0 aromatic heterocycles. The number of hydrogen-bond donors (Lipinski definition) is 5. The Labute approximate surface area is 178 Å². The van der Waals surface area contributed by atoms with Gasteiger partial charge in [-0.1, -0.05) is 23.7 Å². The molecule has 0 heterocycles. The van der Waals surface area contributed by atoms with Gasteiger partial charge in [-0.3, -0.25) is 25.2 Å². The van der Waals surface area contributed by atoms with Crippen LogP contribution >= 0.6 is 11.6 Å². The fourth-order valence-electron chi connectivity index (χ4n) is 2.29. The maximum absolute atomic E-state index is 12.6. The molecule has 4 amide bonds. The predicted molar refractivity (Wildman–Crippen MR) is 111 cm³/mol. The summed E-state index contributed by atoms with van der Waals surface area (Å²) in [5.41, 5.74) is 9.62. The molecule has 6 N–H and O–H groups in total. The number of benzene rings is 2. The molecular weight excluding hydrogens is 434 g/mol. The molecule has 12 heteroatoms. The molecule has 0 aliphatic rings. The van der Waals surface area contributed by atoms with Crippen molar-refractivity contribution in [3.05, 3.63) is 59.1 Å². The lowest BCUT2D eigenvalue weighted by Gasteiger charge is -2.11. The van der Waals surface area contributed by atoms with E-state index in [1.54, 1.807) is 12.1 Å². The van der Waals surface area contributed by atoms with Gasteiger partial charge in [0.15, 0.2) is 0 Å². The number of amides is 4. The van der Waals surface area contributed by atoms with Gasteiger partial charge in [-0.25, -0.2) is 13.2 Å². The first-order valence-electron chi connectivity index (χ1n) is 8.68. The molecule has 0 radical (unpaired) electrons. The van der Waals surface area contributed by atoms with Gasteiger partial charge >= 0.3 is 6.03 Å². The Hall–Kier alpha value is -3.31. The third-order valence-corrected chi connectivity index (χ3v) is 5.29. The van der Waals surface area contributed by atoms with Gasteiger partial charge in [0.25, 0.3) is 15.9 Å². The summed E-state index contributed by atoms with van der Waals surface area (Å²) >= 11 is 5.85. The molecule has 0 aliphatic carbocycles. The molecule has 0 bridgehead atoms. The van der Waals surface area contributed by atoms with E-state index in [9.17, 15) is 22.8 Å². The van der Waals surface area contributed by atoms with Crippen molar-refractivity contribution in [3.8, 4) is 0 Å². The van der Waals surface area contributed by atoms with E-state index in [0.717, 1.165) is 0 Å². The molecule has 0 unspecified atom stereocenters. The van der Waals surface area contributed by atoms with Gasteiger partial charge in [0.05, 0.1) is 10.6 Å². The van der Waals surface area contributed by atoms with Crippen LogP contribution in [0.1, 0.15) is 23.2 Å². The SMILES string of the molecule is NC(=O)NCCCC(=O)NNC(=O)c1cccc(S(=O)(=O)Nc2cccc(Cl)c2)c1. The molecule has 0 aliphatic heterocycles. The average Bonchev–Trinajstić information content (AvgIpc) is 2.69. The van der Waals surface area contributed by atoms with Gasteiger partial charge < -0.3 is 11.1 Å². The van der Waals surface area contributed by atoms with Crippen molar-refractivity contribution in [2.45, 2.75) is 17.7 Å². The van der Waals surface area contributed by atoms with Gasteiger partial charge in [-0.2, -0.15) is 0 Å². The van der Waals surface area contributed by atoms with E-state index in [-0.39, 0.29) is 29.1 Å². The molecule has 0 atom stereocenters. The van der Waals surface area contributed by atoms with E-state index < -0.39 is 27.9 Å². The summed E-state index contributed by atoms with van der Waals surface area (Å²) in [6.07, 6.45) is 0.367. The lowest BCUT2D eigenvalue weighted by molar-refractivity contribution is -0.121. The lowest BCUT2D eigenvalue weighted by atomic mass is 10.2. The van der Waals surface area contributed by atoms with E-state index in [0.29, 0.717) is 11.4 Å². The second-order valence-corrected chi connectivity index (χ2v) is 8.16. The van der Waals surface area contributed by atoms with Crippen molar-refractivity contribution in [1.82, 2.24) is 16.2 Å². The number of hydrogen-bond acceptors (Lipinski definition) is 5. The number of urea groups is 1. The molecule has 160 valence electrons. The number of carbonyl (C=O) groups is 3. The number of nitrogens with one attached hydrogen (secondary N) is 4. The summed E-state index contributed by atoms with van der Waals surface area (Å²) in [5, 5.41) is 2.70. The Balaban J connectivity index is 1.96. The van der Waals surface area contributed by atoms with E-state index in [4.69, 9.17) is 17.3 Å². The summed E-state index contributed by atoms with van der Waals surface area (Å²) in [7, 11) is -3.96. The minimum absolute atomic E-state index is 0.0275. The fourth-order valence-corrected chi connectivity index (χ4v) is 3.58. The summed E-state index contributed by atoms with van der Waals surface area (Å²) in [6.45, 7) is 0.218. The van der Waals surface area contributed by atoms with Crippen LogP contribution in [0.3, 0.4) is 0 Å². The van der Waals surface area contributed by atoms with Crippen LogP contribution in [-0.4, -0.2) is 32.8 Å². The fraction of sp³-hybridized carbons (Fsp3) is 0.167. The van der Waals surface area contributed by atoms with Crippen LogP contribution in [0.15, 0.2) is 53.4 Å². The monoisotopic (exact) mass is 453 g/mol. The standard InChI is InChI=1S/C18H20ClN5O5S/c19-13-5-2-6-14(11-13)24-30(28,29)15-7-1-4-12(10-15)17(26)23-22-16(25)8-3-9-21-18(20)27/h1-2,4-7,10-11,24H,3,8-9H2,(H,22,25)(H,23,26)(H3,20,21,27). The minimum Gasteiger partial charge on any atom is -0.352 e. The number of sulfonamides is 1. The summed E-state index contributed by atoms with van der Waals surface area (Å²) in [6, 6.07) is 10.8. The van der Waals surface area contributed by atoms with Gasteiger partial charge in [-0.15, -0.1) is 0 Å². The highest BCUT2D eigenvalue weighted by molar-refractivity contribution is 7.92. The molecular formula is C18H20ClN5O5S. The highest BCUT2D eigenvalue weighted by Crippen LogP contribution is 2.20. The zero-order valence-corrected chi connectivity index (χ0v) is 17.2. The molecule has 2 aromatic carbocycles. The molecule has 2 rings (SSSR count). The number of halogens is 1. The number of rotatable bonds is 8. The number of anilines is 1. The molecule has 0 saturated heterocycles. The highest BCUT2D eigenvalue weighted by atomic mass is 35.5. The van der Waals surface area contributed by atoms with E-state index >= 15 is 0 Å². The third kappa shape index (κ3) is 7.26. The van der Waals surface area contributed by atoms with E-state index in [1.165, 1.54) is 36.4 Å². The van der Waals surface area contributed by atoms with Crippen LogP contribution in [-0.2, 0) is 14.8 Å². The van der Waals surface area contributed by atoms with Crippen molar-refractivity contribution in [3.63, 3.8) is 0 Å². The smallest absolute Gasteiger partial charge is 0.312 e. The summed E-state index contributed by atoms with van der Waals surface area (Å²) in [5.74, 6) is -1.18. The quantitative estimate of drug-likeness (QED) is 0.301. The Morgan fingerprint density at radius 2 is 1.73 bits per heavy atom. The van der Waals surface area contributed by atoms with Gasteiger partial charge in [0.2, 0.25) is 5.91 Å². The third-order valence-electron chi connectivity index (χ3n) is 3.68. The minimum atomic E-state index is -3.96. The Morgan fingerprint density at radius 1 is 1.00 bits per heavy atom. The topological polar surface area (TPSA) is 159 Å². The number of primary amides is 1. The molecule has 30 heavy (non-hydrogen) atoms. The van der Waals surface area contributed by atoms with E-state index in [2.05, 4.69) is 20.9 Å². The zero-order chi connectivity index (χ0) is 22.1. The lowest BCUT2D eigenvalue weighted by Crippen LogP contribution is -2.42. The largest absolute Gasteiger partial charge is 0.352 e. The maximum atomic E-state index is 12.6. The second-order valence-electron chi connectivity index (χ2n) is 6.04. The normalized spacial score (nSPS) is 10.7. The molecule has 2 aromatic rings. The first kappa shape index (κ1) is 23.0. The van der Waals surface area contributed by atoms with Crippen molar-refractivity contribution in [1.29, 1.82) is 0 Å². The van der Waals surface area contributed by atoms with Crippen LogP contribution in [0, 0.1) is 0 Å². The molecule has 0 spiro atoms. The molecule has 10 nitrogen and oxygen atoms in total. The Morgan fingerprint density at radius 3 is 2.43 bits per heavy atom. The van der Waals surface area contributed by atoms with Crippen LogP contribution in [0.2, 0.25) is 5.02 Å². The maximum Gasteiger partial charge on any atom is 0.312 e. The Kier molecular flexibility index (Phi) is 8.01. The van der Waals surface area contributed by atoms with Gasteiger partial charge in [-0.05, 0) is 42.8 Å². The van der Waals surface area contributed by atoms with Crippen molar-refractivity contribution in [2.24, 2.45) is 5.73 Å². The second kappa shape index (κ2) is 10.5. The number of carbonyl (C=O) groups excluding carboxylic acids is 3. The Bertz CT molecular complexity index is 1040. The number of nitrogens with two attached hydrogens (primary N) is 1. The predicted octanol–water partition coefficient (Wildman–Crippen LogP) is 1.35.